The van der Waals surface area contributed by atoms with Gasteiger partial charge in [-0.05, 0) is 46.6 Å². The van der Waals surface area contributed by atoms with Gasteiger partial charge < -0.3 is 16.0 Å². The second-order valence-corrected chi connectivity index (χ2v) is 9.14. The minimum Gasteiger partial charge on any atom is -0.332 e. The molecule has 2 aliphatic rings. The minimum absolute atomic E-state index is 0.108. The van der Waals surface area contributed by atoms with Crippen molar-refractivity contribution in [3.8, 4) is 11.1 Å². The Bertz CT molecular complexity index is 1190. The molecule has 0 saturated carbocycles. The Morgan fingerprint density at radius 3 is 2.18 bits per heavy atom. The summed E-state index contributed by atoms with van der Waals surface area (Å²) in [5.74, 6) is -0.324. The van der Waals surface area contributed by atoms with E-state index in [1.54, 1.807) is 0 Å². The van der Waals surface area contributed by atoms with Gasteiger partial charge in [0.25, 0.3) is 5.91 Å². The molecule has 1 spiro atoms. The molecule has 166 valence electrons. The van der Waals surface area contributed by atoms with Crippen molar-refractivity contribution in [2.24, 2.45) is 0 Å². The van der Waals surface area contributed by atoms with Crippen molar-refractivity contribution >= 4 is 46.6 Å². The SMILES string of the molecule is O=C(CSC1NNC2(C(=O)N1)c1ccccc1-c1ccccc12)NC(=S)Nc1ccccc1. The van der Waals surface area contributed by atoms with Crippen LogP contribution >= 0.6 is 24.0 Å². The van der Waals surface area contributed by atoms with Gasteiger partial charge in [-0.1, -0.05) is 66.7 Å². The smallest absolute Gasteiger partial charge is 0.252 e. The Kier molecular flexibility index (Phi) is 5.86. The zero-order valence-electron chi connectivity index (χ0n) is 17.4. The first kappa shape index (κ1) is 21.6. The van der Waals surface area contributed by atoms with Crippen LogP contribution in [0.2, 0.25) is 0 Å². The molecule has 3 aromatic carbocycles. The Morgan fingerprint density at radius 1 is 0.939 bits per heavy atom. The van der Waals surface area contributed by atoms with E-state index in [1.807, 2.05) is 78.9 Å². The maximum atomic E-state index is 13.4. The predicted molar refractivity (Wildman–Crippen MR) is 134 cm³/mol. The molecular weight excluding hydrogens is 454 g/mol. The van der Waals surface area contributed by atoms with Crippen molar-refractivity contribution in [2.75, 3.05) is 11.1 Å². The van der Waals surface area contributed by atoms with Crippen molar-refractivity contribution in [3.05, 3.63) is 90.0 Å². The number of fused-ring (bicyclic) bond motifs is 5. The first-order valence-corrected chi connectivity index (χ1v) is 11.8. The highest BCUT2D eigenvalue weighted by Gasteiger charge is 2.51. The summed E-state index contributed by atoms with van der Waals surface area (Å²) in [6, 6.07) is 25.1. The van der Waals surface area contributed by atoms with Crippen LogP contribution in [0.25, 0.3) is 11.1 Å². The van der Waals surface area contributed by atoms with Crippen LogP contribution < -0.4 is 26.8 Å². The van der Waals surface area contributed by atoms with Crippen LogP contribution in [0.1, 0.15) is 11.1 Å². The number of benzene rings is 3. The lowest BCUT2D eigenvalue weighted by Crippen LogP contribution is -2.69. The lowest BCUT2D eigenvalue weighted by molar-refractivity contribution is -0.129. The number of carbonyl (C=O) groups is 2. The quantitative estimate of drug-likeness (QED) is 0.371. The molecule has 0 bridgehead atoms. The Hall–Kier alpha value is -3.24. The summed E-state index contributed by atoms with van der Waals surface area (Å²) in [6.45, 7) is 0. The number of hydrazine groups is 1. The topological polar surface area (TPSA) is 94.3 Å². The predicted octanol–water partition coefficient (Wildman–Crippen LogP) is 2.66. The summed E-state index contributed by atoms with van der Waals surface area (Å²) in [5.41, 5.74) is 9.56. The van der Waals surface area contributed by atoms with Crippen LogP contribution in [0.3, 0.4) is 0 Å². The number of nitrogens with one attached hydrogen (secondary N) is 5. The molecule has 5 rings (SSSR count). The molecule has 1 unspecified atom stereocenters. The highest BCUT2D eigenvalue weighted by molar-refractivity contribution is 8.00. The average molecular weight is 476 g/mol. The normalized spacial score (nSPS) is 17.6. The molecule has 1 fully saturated rings. The fraction of sp³-hybridized carbons (Fsp3) is 0.125. The molecule has 3 aromatic rings. The van der Waals surface area contributed by atoms with E-state index in [2.05, 4.69) is 26.8 Å². The number of anilines is 1. The van der Waals surface area contributed by atoms with Crippen LogP contribution in [-0.4, -0.2) is 28.2 Å². The fourth-order valence-corrected chi connectivity index (χ4v) is 5.15. The maximum Gasteiger partial charge on any atom is 0.252 e. The lowest BCUT2D eigenvalue weighted by atomic mass is 9.86. The third-order valence-electron chi connectivity index (χ3n) is 5.61. The Labute approximate surface area is 200 Å². The summed E-state index contributed by atoms with van der Waals surface area (Å²) in [5, 5.41) is 8.84. The van der Waals surface area contributed by atoms with Crippen LogP contribution in [0.5, 0.6) is 0 Å². The summed E-state index contributed by atoms with van der Waals surface area (Å²) in [4.78, 5) is 25.7. The molecule has 2 amide bonds. The molecule has 1 atom stereocenters. The first-order valence-electron chi connectivity index (χ1n) is 10.4. The third kappa shape index (κ3) is 4.00. The van der Waals surface area contributed by atoms with Crippen molar-refractivity contribution in [1.82, 2.24) is 21.5 Å². The standard InChI is InChI=1S/C24H21N5O2S2/c30-20(26-22(32)25-15-8-2-1-3-9-15)14-33-23-27-21(31)24(29-28-23)18-12-6-4-10-16(18)17-11-5-7-13-19(17)24/h1-13,23,28-29H,14H2,(H,27,31)(H2,25,26,30,32). The summed E-state index contributed by atoms with van der Waals surface area (Å²) in [6.07, 6.45) is 0. The molecule has 5 N–H and O–H groups in total. The van der Waals surface area contributed by atoms with Gasteiger partial charge in [0.15, 0.2) is 10.7 Å². The van der Waals surface area contributed by atoms with E-state index in [9.17, 15) is 9.59 Å². The number of rotatable bonds is 4. The van der Waals surface area contributed by atoms with E-state index in [1.165, 1.54) is 11.8 Å². The van der Waals surface area contributed by atoms with Gasteiger partial charge in [-0.15, -0.1) is 11.8 Å². The summed E-state index contributed by atoms with van der Waals surface area (Å²) in [7, 11) is 0. The molecular formula is C24H21N5O2S2. The van der Waals surface area contributed by atoms with Crippen molar-refractivity contribution in [2.45, 2.75) is 11.0 Å². The second kappa shape index (κ2) is 8.95. The lowest BCUT2D eigenvalue weighted by Gasteiger charge is -2.39. The average Bonchev–Trinajstić information content (AvgIpc) is 3.11. The molecule has 1 aliphatic carbocycles. The monoisotopic (exact) mass is 475 g/mol. The molecule has 7 nitrogen and oxygen atoms in total. The molecule has 9 heteroatoms. The summed E-state index contributed by atoms with van der Waals surface area (Å²) >= 11 is 6.45. The van der Waals surface area contributed by atoms with Crippen LogP contribution in [0.15, 0.2) is 78.9 Å². The number of thiocarbonyl (C=S) groups is 1. The second-order valence-electron chi connectivity index (χ2n) is 7.64. The van der Waals surface area contributed by atoms with Gasteiger partial charge in [-0.3, -0.25) is 9.59 Å². The molecule has 1 saturated heterocycles. The van der Waals surface area contributed by atoms with Gasteiger partial charge >= 0.3 is 0 Å². The number of para-hydroxylation sites is 1. The zero-order chi connectivity index (χ0) is 22.8. The van der Waals surface area contributed by atoms with Gasteiger partial charge in [-0.2, -0.15) is 0 Å². The van der Waals surface area contributed by atoms with E-state index in [4.69, 9.17) is 12.2 Å². The van der Waals surface area contributed by atoms with Gasteiger partial charge in [-0.25, -0.2) is 10.9 Å². The highest BCUT2D eigenvalue weighted by atomic mass is 32.2. The third-order valence-corrected chi connectivity index (χ3v) is 6.81. The van der Waals surface area contributed by atoms with Gasteiger partial charge in [0, 0.05) is 5.69 Å². The van der Waals surface area contributed by atoms with Crippen LogP contribution in [0, 0.1) is 0 Å². The maximum absolute atomic E-state index is 13.4. The highest BCUT2D eigenvalue weighted by Crippen LogP contribution is 2.47. The number of hydrogen-bond donors (Lipinski definition) is 5. The van der Waals surface area contributed by atoms with Gasteiger partial charge in [0.05, 0.1) is 5.75 Å². The van der Waals surface area contributed by atoms with Gasteiger partial charge in [0.2, 0.25) is 5.91 Å². The number of carbonyl (C=O) groups excluding carboxylic acids is 2. The molecule has 0 radical (unpaired) electrons. The fourth-order valence-electron chi connectivity index (χ4n) is 4.20. The van der Waals surface area contributed by atoms with Crippen molar-refractivity contribution < 1.29 is 9.59 Å². The zero-order valence-corrected chi connectivity index (χ0v) is 19.1. The van der Waals surface area contributed by atoms with E-state index >= 15 is 0 Å². The number of hydrogen-bond acceptors (Lipinski definition) is 6. The van der Waals surface area contributed by atoms with E-state index in [-0.39, 0.29) is 22.7 Å². The number of thioether (sulfide) groups is 1. The first-order chi connectivity index (χ1) is 16.1. The Balaban J connectivity index is 1.22. The van der Waals surface area contributed by atoms with Crippen LogP contribution in [0.4, 0.5) is 5.69 Å². The van der Waals surface area contributed by atoms with Crippen LogP contribution in [-0.2, 0) is 15.1 Å². The van der Waals surface area contributed by atoms with Gasteiger partial charge in [0.1, 0.15) is 5.50 Å². The van der Waals surface area contributed by atoms with E-state index in [0.717, 1.165) is 27.9 Å². The molecule has 33 heavy (non-hydrogen) atoms. The molecule has 0 aromatic heterocycles. The molecule has 1 aliphatic heterocycles. The Morgan fingerprint density at radius 2 is 1.55 bits per heavy atom. The van der Waals surface area contributed by atoms with Crippen molar-refractivity contribution in [3.63, 3.8) is 0 Å². The largest absolute Gasteiger partial charge is 0.332 e. The van der Waals surface area contributed by atoms with Crippen molar-refractivity contribution in [1.29, 1.82) is 0 Å². The molecule has 1 heterocycles. The van der Waals surface area contributed by atoms with E-state index in [0.29, 0.717) is 0 Å². The minimum atomic E-state index is -1.02. The number of amides is 2. The van der Waals surface area contributed by atoms with E-state index < -0.39 is 11.0 Å². The summed E-state index contributed by atoms with van der Waals surface area (Å²) < 4.78 is 0.